The van der Waals surface area contributed by atoms with Crippen molar-refractivity contribution in [3.8, 4) is 0 Å². The highest BCUT2D eigenvalue weighted by molar-refractivity contribution is 7.49. The van der Waals surface area contributed by atoms with Gasteiger partial charge in [0.05, 0.1) is 18.9 Å². The maximum absolute atomic E-state index is 14.8. The number of benzene rings is 1. The van der Waals surface area contributed by atoms with Gasteiger partial charge in [-0.3, -0.25) is 24.0 Å². The molecule has 59 heavy (non-hydrogen) atoms. The van der Waals surface area contributed by atoms with Crippen LogP contribution in [-0.2, 0) is 53.1 Å². The summed E-state index contributed by atoms with van der Waals surface area (Å²) in [7, 11) is -1.07. The van der Waals surface area contributed by atoms with Crippen molar-refractivity contribution in [1.82, 2.24) is 26.6 Å². The third-order valence-corrected chi connectivity index (χ3v) is 13.5. The van der Waals surface area contributed by atoms with Gasteiger partial charge >= 0.3 is 12.1 Å². The van der Waals surface area contributed by atoms with Crippen molar-refractivity contribution in [3.63, 3.8) is 0 Å². The summed E-state index contributed by atoms with van der Waals surface area (Å²) in [5, 5.41) is 21.4. The molecule has 0 saturated heterocycles. The Morgan fingerprint density at radius 3 is 1.81 bits per heavy atom. The van der Waals surface area contributed by atoms with Crippen LogP contribution in [0.25, 0.3) is 0 Å². The quantitative estimate of drug-likeness (QED) is 0.0455. The highest BCUT2D eigenvalue weighted by Gasteiger charge is 2.61. The number of aliphatic hydroxyl groups is 1. The van der Waals surface area contributed by atoms with Gasteiger partial charge in [0.2, 0.25) is 17.7 Å². The summed E-state index contributed by atoms with van der Waals surface area (Å²) in [4.78, 5) is 94.8. The molecule has 8 N–H and O–H groups in total. The SMILES string of the molecule is COC(=O)[C@@H](NC(=O)[C@](N)(C(=O)C1([PH](=O)C(C)(NC(=O)[C@H](C)NC(=O)[C@H](C)NC(=O)[C@](CO)(NC(=O)OC(C)(C)C)c2ccccc2)OC)CCCC1)C(C)C)C(C)C. The van der Waals surface area contributed by atoms with E-state index >= 15 is 0 Å². The van der Waals surface area contributed by atoms with E-state index < -0.39 is 113 Å². The van der Waals surface area contributed by atoms with Crippen LogP contribution in [0.3, 0.4) is 0 Å². The van der Waals surface area contributed by atoms with E-state index in [0.717, 1.165) is 0 Å². The number of methoxy groups -OCH3 is 2. The van der Waals surface area contributed by atoms with Gasteiger partial charge in [-0.1, -0.05) is 70.9 Å². The minimum atomic E-state index is -3.42. The Balaban J connectivity index is 2.34. The summed E-state index contributed by atoms with van der Waals surface area (Å²) in [6, 6.07) is 4.10. The molecule has 332 valence electrons. The number of alkyl carbamates (subject to hydrolysis) is 1. The molecule has 0 bridgehead atoms. The minimum Gasteiger partial charge on any atom is -0.467 e. The summed E-state index contributed by atoms with van der Waals surface area (Å²) < 4.78 is 30.6. The maximum atomic E-state index is 14.8. The van der Waals surface area contributed by atoms with Crippen molar-refractivity contribution in [3.05, 3.63) is 35.9 Å². The van der Waals surface area contributed by atoms with E-state index in [9.17, 15) is 43.2 Å². The monoisotopic (exact) mass is 852 g/mol. The van der Waals surface area contributed by atoms with Gasteiger partial charge in [-0.25, -0.2) is 9.59 Å². The fraction of sp³-hybridized carbons (Fsp3) is 0.675. The number of ketones is 1. The van der Waals surface area contributed by atoms with Crippen LogP contribution in [0.1, 0.15) is 100 Å². The number of carbonyl (C=O) groups is 7. The van der Waals surface area contributed by atoms with Crippen LogP contribution in [0.4, 0.5) is 4.79 Å². The number of ether oxygens (including phenoxy) is 3. The first-order valence-corrected chi connectivity index (χ1v) is 21.1. The molecular formula is C40H65N6O12P. The average molecular weight is 853 g/mol. The van der Waals surface area contributed by atoms with Crippen molar-refractivity contribution < 1.29 is 57.4 Å². The van der Waals surface area contributed by atoms with Gasteiger partial charge in [-0.15, -0.1) is 0 Å². The van der Waals surface area contributed by atoms with Crippen LogP contribution in [0.2, 0.25) is 0 Å². The number of hydrogen-bond donors (Lipinski definition) is 7. The predicted octanol–water partition coefficient (Wildman–Crippen LogP) is 1.95. The van der Waals surface area contributed by atoms with Crippen LogP contribution in [0, 0.1) is 11.8 Å². The van der Waals surface area contributed by atoms with E-state index in [1.165, 1.54) is 47.1 Å². The van der Waals surface area contributed by atoms with E-state index in [1.54, 1.807) is 66.7 Å². The van der Waals surface area contributed by atoms with Crippen molar-refractivity contribution in [2.45, 2.75) is 140 Å². The van der Waals surface area contributed by atoms with Gasteiger partial charge in [-0.05, 0) is 71.8 Å². The molecule has 1 aliphatic rings. The Bertz CT molecular complexity index is 1730. The highest BCUT2D eigenvalue weighted by Crippen LogP contribution is 2.59. The molecule has 2 unspecified atom stereocenters. The van der Waals surface area contributed by atoms with Crippen molar-refractivity contribution in [2.75, 3.05) is 20.8 Å². The molecule has 0 radical (unpaired) electrons. The lowest BCUT2D eigenvalue weighted by molar-refractivity contribution is -0.149. The van der Waals surface area contributed by atoms with E-state index in [-0.39, 0.29) is 18.4 Å². The fourth-order valence-corrected chi connectivity index (χ4v) is 9.45. The normalized spacial score (nSPS) is 19.0. The molecule has 0 aliphatic heterocycles. The van der Waals surface area contributed by atoms with Gasteiger partial charge in [0.1, 0.15) is 31.5 Å². The second kappa shape index (κ2) is 20.3. The number of aliphatic hydroxyl groups excluding tert-OH is 1. The molecule has 19 heteroatoms. The average Bonchev–Trinajstić information content (AvgIpc) is 3.67. The number of carbonyl (C=O) groups excluding carboxylic acids is 7. The highest BCUT2D eigenvalue weighted by atomic mass is 31.1. The van der Waals surface area contributed by atoms with Crippen molar-refractivity contribution >= 4 is 49.3 Å². The first-order chi connectivity index (χ1) is 27.2. The molecule has 1 aromatic rings. The molecule has 0 heterocycles. The molecule has 5 amide bonds. The van der Waals surface area contributed by atoms with Crippen LogP contribution in [0.15, 0.2) is 30.3 Å². The van der Waals surface area contributed by atoms with Gasteiger partial charge in [0, 0.05) is 7.11 Å². The summed E-state index contributed by atoms with van der Waals surface area (Å²) in [6.07, 6.45) is 0.0815. The first kappa shape index (κ1) is 50.8. The molecule has 7 atom stereocenters. The summed E-state index contributed by atoms with van der Waals surface area (Å²) in [5.74, 6) is -6.38. The zero-order valence-corrected chi connectivity index (χ0v) is 37.3. The number of amides is 5. The van der Waals surface area contributed by atoms with Crippen molar-refractivity contribution in [2.24, 2.45) is 17.6 Å². The molecule has 1 aromatic carbocycles. The molecule has 1 aliphatic carbocycles. The van der Waals surface area contributed by atoms with Crippen LogP contribution in [-0.4, -0.2) is 107 Å². The lowest BCUT2D eigenvalue weighted by Crippen LogP contribution is -2.69. The third-order valence-electron chi connectivity index (χ3n) is 10.7. The molecule has 18 nitrogen and oxygen atoms in total. The summed E-state index contributed by atoms with van der Waals surface area (Å²) >= 11 is 0. The molecule has 0 aromatic heterocycles. The minimum absolute atomic E-state index is 0.0760. The van der Waals surface area contributed by atoms with Crippen LogP contribution >= 0.6 is 7.80 Å². The largest absolute Gasteiger partial charge is 0.467 e. The van der Waals surface area contributed by atoms with Crippen LogP contribution < -0.4 is 32.3 Å². The van der Waals surface area contributed by atoms with Gasteiger partial charge in [0.25, 0.3) is 5.91 Å². The Kier molecular flexibility index (Phi) is 17.4. The van der Waals surface area contributed by atoms with Crippen molar-refractivity contribution in [1.29, 1.82) is 0 Å². The Morgan fingerprint density at radius 2 is 1.36 bits per heavy atom. The second-order valence-electron chi connectivity index (χ2n) is 16.9. The number of hydrogen-bond acceptors (Lipinski definition) is 13. The topological polar surface area (TPSA) is 271 Å². The summed E-state index contributed by atoms with van der Waals surface area (Å²) in [6.45, 7) is 14.4. The standard InChI is InChI=1S/C40H65N6O12P/c1-23(2)28(31(50)56-11)44-34(53)40(41,24(3)4)32(51)38(20-16-17-21-38)59(55)37(10,57-12)45-30(49)26(6)42-29(48)25(5)43-33(52)39(22-47,27-18-14-13-15-19-27)46-35(54)58-36(7,8)9/h13-15,18-19,23-26,28,47,59H,16-17,20-22,41H2,1-12H3,(H,42,48)(H,43,52)(H,44,53)(H,45,49)(H,46,54)/t25-,26-,28-,37?,39+,40+/m0/s1. The number of Topliss-reactive ketones (excluding diaryl/α,β-unsaturated/α-hetero) is 1. The molecule has 1 fully saturated rings. The van der Waals surface area contributed by atoms with E-state index in [4.69, 9.17) is 19.9 Å². The number of rotatable bonds is 19. The van der Waals surface area contributed by atoms with E-state index in [0.29, 0.717) is 12.8 Å². The predicted molar refractivity (Wildman–Crippen MR) is 219 cm³/mol. The van der Waals surface area contributed by atoms with Gasteiger partial charge in [0.15, 0.2) is 22.3 Å². The maximum Gasteiger partial charge on any atom is 0.408 e. The first-order valence-electron chi connectivity index (χ1n) is 19.7. The molecule has 1 saturated carbocycles. The second-order valence-corrected chi connectivity index (χ2v) is 19.5. The molecule has 0 spiro atoms. The number of esters is 1. The molecular weight excluding hydrogens is 787 g/mol. The number of nitrogens with one attached hydrogen (secondary N) is 5. The third kappa shape index (κ3) is 11.5. The van der Waals surface area contributed by atoms with Gasteiger partial charge in [-0.2, -0.15) is 0 Å². The summed E-state index contributed by atoms with van der Waals surface area (Å²) in [5.41, 5.74) is -0.338. The fourth-order valence-electron chi connectivity index (χ4n) is 6.90. The lowest BCUT2D eigenvalue weighted by atomic mass is 9.76. The Hall–Kier alpha value is -4.38. The Morgan fingerprint density at radius 1 is 0.814 bits per heavy atom. The zero-order valence-electron chi connectivity index (χ0n) is 36.3. The lowest BCUT2D eigenvalue weighted by Gasteiger charge is -2.43. The van der Waals surface area contributed by atoms with E-state index in [1.807, 2.05) is 0 Å². The Labute approximate surface area is 347 Å². The zero-order chi connectivity index (χ0) is 45.3. The van der Waals surface area contributed by atoms with Gasteiger partial charge < -0.3 is 56.2 Å². The number of nitrogens with two attached hydrogens (primary N) is 1. The molecule has 2 rings (SSSR count). The van der Waals surface area contributed by atoms with Crippen LogP contribution in [0.5, 0.6) is 0 Å². The van der Waals surface area contributed by atoms with E-state index in [2.05, 4.69) is 26.6 Å². The smallest absolute Gasteiger partial charge is 0.408 e.